The Hall–Kier alpha value is -1.50. The SMILES string of the molecule is BC1(Nc2nc(NC(C)(C)C)ncc2C(N)=O)CC(O)C(B)(C)C(B)(B)C1(B)B. The number of carbonyl (C=O) groups is 1. The summed E-state index contributed by atoms with van der Waals surface area (Å²) in [7, 11) is 13.0. The summed E-state index contributed by atoms with van der Waals surface area (Å²) in [6, 6.07) is 0. The van der Waals surface area contributed by atoms with Gasteiger partial charge in [-0.1, -0.05) is 17.4 Å². The quantitative estimate of drug-likeness (QED) is 0.387. The molecule has 1 aromatic heterocycles. The summed E-state index contributed by atoms with van der Waals surface area (Å²) >= 11 is 0. The first-order chi connectivity index (χ1) is 12.9. The maximum Gasteiger partial charge on any atom is 0.254 e. The van der Waals surface area contributed by atoms with Crippen LogP contribution in [-0.4, -0.2) is 85.1 Å². The Balaban J connectivity index is 2.56. The number of anilines is 2. The van der Waals surface area contributed by atoms with Crippen molar-refractivity contribution in [1.29, 1.82) is 0 Å². The van der Waals surface area contributed by atoms with Crippen molar-refractivity contribution in [2.45, 2.75) is 66.9 Å². The van der Waals surface area contributed by atoms with E-state index in [4.69, 9.17) is 5.73 Å². The second-order valence-electron chi connectivity index (χ2n) is 11.3. The summed E-state index contributed by atoms with van der Waals surface area (Å²) in [6.45, 7) is 8.15. The van der Waals surface area contributed by atoms with Gasteiger partial charge < -0.3 is 21.5 Å². The van der Waals surface area contributed by atoms with Gasteiger partial charge in [-0.05, 0) is 37.9 Å². The Morgan fingerprint density at radius 1 is 1.21 bits per heavy atom. The van der Waals surface area contributed by atoms with E-state index < -0.39 is 17.4 Å². The molecule has 3 atom stereocenters. The molecule has 29 heavy (non-hydrogen) atoms. The van der Waals surface area contributed by atoms with Crippen LogP contribution in [0.25, 0.3) is 0 Å². The van der Waals surface area contributed by atoms with E-state index in [1.165, 1.54) is 6.20 Å². The highest BCUT2D eigenvalue weighted by Crippen LogP contribution is 2.68. The van der Waals surface area contributed by atoms with Gasteiger partial charge in [0.1, 0.15) is 37.2 Å². The van der Waals surface area contributed by atoms with Gasteiger partial charge in [-0.25, -0.2) is 4.98 Å². The number of nitrogens with one attached hydrogen (secondary N) is 2. The molecule has 1 aliphatic rings. The Morgan fingerprint density at radius 3 is 2.24 bits per heavy atom. The fourth-order valence-electron chi connectivity index (χ4n) is 4.33. The third kappa shape index (κ3) is 3.94. The maximum atomic E-state index is 12.1. The molecule has 2 rings (SSSR count). The van der Waals surface area contributed by atoms with Crippen molar-refractivity contribution >= 4 is 64.8 Å². The Labute approximate surface area is 180 Å². The van der Waals surface area contributed by atoms with Gasteiger partial charge in [0.15, 0.2) is 0 Å². The van der Waals surface area contributed by atoms with Crippen molar-refractivity contribution in [2.75, 3.05) is 10.6 Å². The monoisotopic (exact) mass is 393 g/mol. The zero-order valence-corrected chi connectivity index (χ0v) is 19.7. The molecule has 7 nitrogen and oxygen atoms in total. The predicted molar refractivity (Wildman–Crippen MR) is 136 cm³/mol. The normalized spacial score (nSPS) is 31.0. The molecule has 3 unspecified atom stereocenters. The van der Waals surface area contributed by atoms with Crippen molar-refractivity contribution in [1.82, 2.24) is 9.97 Å². The summed E-state index contributed by atoms with van der Waals surface area (Å²) in [5, 5.41) is 17.0. The minimum Gasteiger partial charge on any atom is -0.393 e. The molecule has 1 heterocycles. The van der Waals surface area contributed by atoms with E-state index in [9.17, 15) is 9.90 Å². The van der Waals surface area contributed by atoms with E-state index in [2.05, 4.69) is 74.6 Å². The van der Waals surface area contributed by atoms with Crippen molar-refractivity contribution in [2.24, 2.45) is 5.73 Å². The average Bonchev–Trinajstić information content (AvgIpc) is 2.51. The molecule has 0 aromatic carbocycles. The van der Waals surface area contributed by atoms with Crippen LogP contribution >= 0.6 is 0 Å². The topological polar surface area (TPSA) is 113 Å². The van der Waals surface area contributed by atoms with Gasteiger partial charge in [0.2, 0.25) is 5.95 Å². The van der Waals surface area contributed by atoms with Crippen molar-refractivity contribution < 1.29 is 9.90 Å². The van der Waals surface area contributed by atoms with Gasteiger partial charge in [-0.3, -0.25) is 4.79 Å². The lowest BCUT2D eigenvalue weighted by atomic mass is 9.13. The number of aromatic nitrogens is 2. The maximum absolute atomic E-state index is 12.1. The van der Waals surface area contributed by atoms with Gasteiger partial charge >= 0.3 is 0 Å². The molecule has 1 saturated carbocycles. The number of primary amides is 1. The first-order valence-electron chi connectivity index (χ1n) is 10.3. The molecule has 1 amide bonds. The average molecular weight is 392 g/mol. The molecule has 0 aliphatic heterocycles. The fraction of sp³-hybridized carbons (Fsp3) is 0.688. The Bertz CT molecular complexity index is 813. The van der Waals surface area contributed by atoms with Crippen LogP contribution in [0.2, 0.25) is 15.7 Å². The van der Waals surface area contributed by atoms with Gasteiger partial charge in [0, 0.05) is 11.7 Å². The van der Waals surface area contributed by atoms with Gasteiger partial charge in [0.05, 0.1) is 27.4 Å². The molecule has 1 aromatic rings. The van der Waals surface area contributed by atoms with Crippen molar-refractivity contribution in [3.63, 3.8) is 0 Å². The standard InChI is InChI=1S/C16H33B6N5O2/c1-12(2,3)27-11-24-6-7(9(23)29)10(25-11)26-14(18)5-8(28)13(4,17)15(19,20)16(14,21)22/h6,8,28H,5,17-22H2,1-4H3,(H2,23,29)(H2,24,25,26,27). The van der Waals surface area contributed by atoms with E-state index in [0.717, 1.165) is 0 Å². The number of carbonyl (C=O) groups excluding carboxylic acids is 1. The van der Waals surface area contributed by atoms with Gasteiger partial charge in [-0.15, -0.1) is 0 Å². The van der Waals surface area contributed by atoms with Crippen LogP contribution in [0.3, 0.4) is 0 Å². The number of aliphatic hydroxyl groups is 1. The number of nitrogens with two attached hydrogens (primary N) is 1. The summed E-state index contributed by atoms with van der Waals surface area (Å²) < 4.78 is 0. The largest absolute Gasteiger partial charge is 0.393 e. The minimum atomic E-state index is -0.591. The molecule has 0 saturated heterocycles. The molecular weight excluding hydrogens is 359 g/mol. The highest BCUT2D eigenvalue weighted by atomic mass is 16.3. The van der Waals surface area contributed by atoms with Crippen LogP contribution in [-0.2, 0) is 0 Å². The fourth-order valence-corrected chi connectivity index (χ4v) is 4.33. The third-order valence-corrected chi connectivity index (χ3v) is 7.92. The smallest absolute Gasteiger partial charge is 0.254 e. The van der Waals surface area contributed by atoms with Crippen LogP contribution in [0.1, 0.15) is 44.5 Å². The van der Waals surface area contributed by atoms with Crippen molar-refractivity contribution in [3.05, 3.63) is 11.8 Å². The van der Waals surface area contributed by atoms with Gasteiger partial charge in [0.25, 0.3) is 5.91 Å². The van der Waals surface area contributed by atoms with Crippen LogP contribution in [0.15, 0.2) is 6.20 Å². The summed E-state index contributed by atoms with van der Waals surface area (Å²) in [4.78, 5) is 20.9. The van der Waals surface area contributed by atoms with E-state index in [-0.39, 0.29) is 26.8 Å². The summed E-state index contributed by atoms with van der Waals surface area (Å²) in [5.74, 6) is 0.215. The molecule has 1 fully saturated rings. The molecule has 0 spiro atoms. The lowest BCUT2D eigenvalue weighted by Crippen LogP contribution is -2.66. The minimum absolute atomic E-state index is 0.216. The van der Waals surface area contributed by atoms with Crippen LogP contribution in [0.4, 0.5) is 11.8 Å². The molecule has 1 aliphatic carbocycles. The Kier molecular flexibility index (Phi) is 5.77. The van der Waals surface area contributed by atoms with Crippen LogP contribution in [0.5, 0.6) is 0 Å². The van der Waals surface area contributed by atoms with E-state index in [1.807, 2.05) is 20.8 Å². The zero-order chi connectivity index (χ0) is 22.6. The predicted octanol–water partition coefficient (Wildman–Crippen LogP) is -4.13. The molecule has 0 bridgehead atoms. The zero-order valence-electron chi connectivity index (χ0n) is 19.7. The van der Waals surface area contributed by atoms with Crippen LogP contribution in [0, 0.1) is 0 Å². The van der Waals surface area contributed by atoms with E-state index >= 15 is 0 Å². The molecule has 13 heteroatoms. The lowest BCUT2D eigenvalue weighted by Gasteiger charge is -2.67. The first kappa shape index (κ1) is 23.8. The second kappa shape index (κ2) is 7.03. The van der Waals surface area contributed by atoms with E-state index in [0.29, 0.717) is 18.2 Å². The van der Waals surface area contributed by atoms with Gasteiger partial charge in [-0.2, -0.15) is 4.98 Å². The highest BCUT2D eigenvalue weighted by molar-refractivity contribution is 6.59. The number of amides is 1. The molecular formula is C16H33B6N5O2. The number of nitrogens with zero attached hydrogens (tertiary/aromatic N) is 2. The highest BCUT2D eigenvalue weighted by Gasteiger charge is 2.62. The summed E-state index contributed by atoms with van der Waals surface area (Å²) in [5.41, 5.74) is 5.06. The first-order valence-corrected chi connectivity index (χ1v) is 10.3. The Morgan fingerprint density at radius 2 is 1.76 bits per heavy atom. The molecule has 152 valence electrons. The van der Waals surface area contributed by atoms with Crippen LogP contribution < -0.4 is 16.4 Å². The lowest BCUT2D eigenvalue weighted by molar-refractivity contribution is 0.0618. The number of hydrogen-bond donors (Lipinski definition) is 4. The van der Waals surface area contributed by atoms with Crippen molar-refractivity contribution in [3.8, 4) is 0 Å². The number of hydrogen-bond acceptors (Lipinski definition) is 6. The number of rotatable bonds is 4. The molecule has 5 N–H and O–H groups in total. The second-order valence-corrected chi connectivity index (χ2v) is 11.3. The van der Waals surface area contributed by atoms with E-state index in [1.54, 1.807) is 0 Å². The molecule has 0 radical (unpaired) electrons. The third-order valence-electron chi connectivity index (χ3n) is 7.92. The summed E-state index contributed by atoms with van der Waals surface area (Å²) in [6.07, 6.45) is 1.45. The number of aliphatic hydroxyl groups excluding tert-OH is 1.